The van der Waals surface area contributed by atoms with Crippen molar-refractivity contribution < 1.29 is 4.84 Å². The van der Waals surface area contributed by atoms with Gasteiger partial charge in [0.15, 0.2) is 0 Å². The average Bonchev–Trinajstić information content (AvgIpc) is 2.67. The topological polar surface area (TPSA) is 12.5 Å². The maximum absolute atomic E-state index is 5.83. The molecule has 0 aliphatic carbocycles. The molecule has 0 aliphatic heterocycles. The predicted octanol–water partition coefficient (Wildman–Crippen LogP) is 8.69. The predicted molar refractivity (Wildman–Crippen MR) is 122 cm³/mol. The van der Waals surface area contributed by atoms with E-state index >= 15 is 0 Å². The SMILES string of the molecule is CCCCCCCCCCCCON(C)CCCCCCCCCCCC. The number of unbranched alkanes of at least 4 members (excludes halogenated alkanes) is 18. The summed E-state index contributed by atoms with van der Waals surface area (Å²) in [5, 5.41) is 2.07. The van der Waals surface area contributed by atoms with Gasteiger partial charge in [0.25, 0.3) is 0 Å². The molecule has 0 aliphatic rings. The van der Waals surface area contributed by atoms with Crippen LogP contribution in [0.3, 0.4) is 0 Å². The van der Waals surface area contributed by atoms with Crippen molar-refractivity contribution in [3.05, 3.63) is 0 Å². The molecular formula is C25H53NO. The summed E-state index contributed by atoms with van der Waals surface area (Å²) in [7, 11) is 2.10. The highest BCUT2D eigenvalue weighted by Gasteiger charge is 1.99. The van der Waals surface area contributed by atoms with Crippen molar-refractivity contribution in [2.45, 2.75) is 142 Å². The summed E-state index contributed by atoms with van der Waals surface area (Å²) < 4.78 is 0. The quantitative estimate of drug-likeness (QED) is 0.129. The Morgan fingerprint density at radius 1 is 0.444 bits per heavy atom. The van der Waals surface area contributed by atoms with Crippen molar-refractivity contribution in [3.63, 3.8) is 0 Å². The lowest BCUT2D eigenvalue weighted by Gasteiger charge is -2.16. The van der Waals surface area contributed by atoms with Crippen LogP contribution >= 0.6 is 0 Å². The van der Waals surface area contributed by atoms with E-state index in [1.165, 1.54) is 128 Å². The zero-order valence-corrected chi connectivity index (χ0v) is 19.4. The second-order valence-electron chi connectivity index (χ2n) is 8.55. The Bertz CT molecular complexity index is 257. The standard InChI is InChI=1S/C25H53NO/c1-4-6-8-10-12-14-16-18-20-22-24-26(3)27-25-23-21-19-17-15-13-11-9-7-5-2/h4-25H2,1-3H3. The van der Waals surface area contributed by atoms with Crippen molar-refractivity contribution >= 4 is 0 Å². The summed E-state index contributed by atoms with van der Waals surface area (Å²) in [6, 6.07) is 0. The lowest BCUT2D eigenvalue weighted by Crippen LogP contribution is -2.20. The number of hydrogen-bond acceptors (Lipinski definition) is 2. The van der Waals surface area contributed by atoms with Gasteiger partial charge >= 0.3 is 0 Å². The average molecular weight is 384 g/mol. The van der Waals surface area contributed by atoms with Gasteiger partial charge in [0, 0.05) is 13.6 Å². The highest BCUT2D eigenvalue weighted by molar-refractivity contribution is 4.50. The molecule has 0 bridgehead atoms. The molecule has 2 nitrogen and oxygen atoms in total. The van der Waals surface area contributed by atoms with E-state index < -0.39 is 0 Å². The van der Waals surface area contributed by atoms with Crippen LogP contribution < -0.4 is 0 Å². The van der Waals surface area contributed by atoms with Gasteiger partial charge in [-0.1, -0.05) is 129 Å². The van der Waals surface area contributed by atoms with Crippen LogP contribution in [0.1, 0.15) is 142 Å². The molecular weight excluding hydrogens is 330 g/mol. The monoisotopic (exact) mass is 383 g/mol. The fraction of sp³-hybridized carbons (Fsp3) is 1.00. The summed E-state index contributed by atoms with van der Waals surface area (Å²) >= 11 is 0. The lowest BCUT2D eigenvalue weighted by molar-refractivity contribution is -0.141. The fourth-order valence-electron chi connectivity index (χ4n) is 3.70. The zero-order chi connectivity index (χ0) is 19.8. The molecule has 0 aromatic carbocycles. The highest BCUT2D eigenvalue weighted by atomic mass is 16.7. The van der Waals surface area contributed by atoms with Crippen LogP contribution in [0.4, 0.5) is 0 Å². The normalized spacial score (nSPS) is 11.6. The zero-order valence-electron chi connectivity index (χ0n) is 19.4. The first-order valence-corrected chi connectivity index (χ1v) is 12.6. The van der Waals surface area contributed by atoms with Crippen LogP contribution in [-0.4, -0.2) is 25.3 Å². The minimum absolute atomic E-state index is 0.908. The van der Waals surface area contributed by atoms with E-state index in [1.807, 2.05) is 0 Å². The molecule has 0 aromatic rings. The maximum Gasteiger partial charge on any atom is 0.0684 e. The van der Waals surface area contributed by atoms with Gasteiger partial charge in [-0.3, -0.25) is 4.84 Å². The van der Waals surface area contributed by atoms with Gasteiger partial charge in [0.2, 0.25) is 0 Å². The molecule has 0 N–H and O–H groups in total. The molecule has 0 radical (unpaired) electrons. The Morgan fingerprint density at radius 2 is 0.778 bits per heavy atom. The third-order valence-corrected chi connectivity index (χ3v) is 5.64. The molecule has 164 valence electrons. The number of rotatable bonds is 23. The van der Waals surface area contributed by atoms with E-state index in [1.54, 1.807) is 0 Å². The number of hydrogen-bond donors (Lipinski definition) is 0. The Kier molecular flexibility index (Phi) is 23.9. The van der Waals surface area contributed by atoms with Gasteiger partial charge in [-0.05, 0) is 12.8 Å². The van der Waals surface area contributed by atoms with Crippen LogP contribution in [0, 0.1) is 0 Å². The van der Waals surface area contributed by atoms with E-state index in [9.17, 15) is 0 Å². The van der Waals surface area contributed by atoms with Gasteiger partial charge in [0.1, 0.15) is 0 Å². The Hall–Kier alpha value is -0.0800. The summed E-state index contributed by atoms with van der Waals surface area (Å²) in [5.74, 6) is 0. The third kappa shape index (κ3) is 23.9. The molecule has 0 saturated heterocycles. The van der Waals surface area contributed by atoms with Crippen molar-refractivity contribution in [1.82, 2.24) is 5.06 Å². The van der Waals surface area contributed by atoms with Crippen molar-refractivity contribution in [2.75, 3.05) is 20.2 Å². The summed E-state index contributed by atoms with van der Waals surface area (Å²) in [6.45, 7) is 6.58. The minimum atomic E-state index is 0.908. The first kappa shape index (κ1) is 26.9. The van der Waals surface area contributed by atoms with Crippen LogP contribution in [-0.2, 0) is 4.84 Å². The van der Waals surface area contributed by atoms with Crippen molar-refractivity contribution in [1.29, 1.82) is 0 Å². The molecule has 0 heterocycles. The molecule has 0 unspecified atom stereocenters. The van der Waals surface area contributed by atoms with Crippen LogP contribution in [0.15, 0.2) is 0 Å². The Labute approximate surface area is 172 Å². The van der Waals surface area contributed by atoms with E-state index in [4.69, 9.17) is 4.84 Å². The van der Waals surface area contributed by atoms with Crippen LogP contribution in [0.25, 0.3) is 0 Å². The van der Waals surface area contributed by atoms with Gasteiger partial charge < -0.3 is 0 Å². The van der Waals surface area contributed by atoms with Gasteiger partial charge in [-0.2, -0.15) is 5.06 Å². The summed E-state index contributed by atoms with van der Waals surface area (Å²) in [6.07, 6.45) is 27.9. The van der Waals surface area contributed by atoms with E-state index in [0.29, 0.717) is 0 Å². The molecule has 0 fully saturated rings. The van der Waals surface area contributed by atoms with Gasteiger partial charge in [-0.25, -0.2) is 0 Å². The molecule has 0 atom stereocenters. The maximum atomic E-state index is 5.83. The van der Waals surface area contributed by atoms with Crippen LogP contribution in [0.5, 0.6) is 0 Å². The molecule has 0 amide bonds. The molecule has 27 heavy (non-hydrogen) atoms. The molecule has 0 saturated carbocycles. The molecule has 2 heteroatoms. The van der Waals surface area contributed by atoms with Gasteiger partial charge in [-0.15, -0.1) is 0 Å². The molecule has 0 rings (SSSR count). The first-order valence-electron chi connectivity index (χ1n) is 12.6. The van der Waals surface area contributed by atoms with E-state index in [-0.39, 0.29) is 0 Å². The number of hydroxylamine groups is 2. The van der Waals surface area contributed by atoms with Crippen LogP contribution in [0.2, 0.25) is 0 Å². The Morgan fingerprint density at radius 3 is 1.19 bits per heavy atom. The second kappa shape index (κ2) is 24.0. The van der Waals surface area contributed by atoms with E-state index in [0.717, 1.165) is 13.2 Å². The largest absolute Gasteiger partial charge is 0.299 e. The minimum Gasteiger partial charge on any atom is -0.299 e. The highest BCUT2D eigenvalue weighted by Crippen LogP contribution is 2.12. The van der Waals surface area contributed by atoms with Crippen molar-refractivity contribution in [2.24, 2.45) is 0 Å². The summed E-state index contributed by atoms with van der Waals surface area (Å²) in [4.78, 5) is 5.83. The number of nitrogens with zero attached hydrogens (tertiary/aromatic N) is 1. The Balaban J connectivity index is 3.12. The second-order valence-corrected chi connectivity index (χ2v) is 8.55. The first-order chi connectivity index (χ1) is 13.3. The van der Waals surface area contributed by atoms with E-state index in [2.05, 4.69) is 26.0 Å². The summed E-state index contributed by atoms with van der Waals surface area (Å²) in [5.41, 5.74) is 0. The third-order valence-electron chi connectivity index (χ3n) is 5.64. The molecule has 0 spiro atoms. The van der Waals surface area contributed by atoms with Crippen molar-refractivity contribution in [3.8, 4) is 0 Å². The van der Waals surface area contributed by atoms with Gasteiger partial charge in [0.05, 0.1) is 6.61 Å². The fourth-order valence-corrected chi connectivity index (χ4v) is 3.70. The molecule has 0 aromatic heterocycles. The smallest absolute Gasteiger partial charge is 0.0684 e. The lowest BCUT2D eigenvalue weighted by atomic mass is 10.1.